The molecule has 2 aromatic rings. The van der Waals surface area contributed by atoms with E-state index in [1.165, 1.54) is 6.92 Å². The minimum atomic E-state index is -0.427. The first kappa shape index (κ1) is 17.5. The highest BCUT2D eigenvalue weighted by molar-refractivity contribution is 5.99. The Morgan fingerprint density at radius 3 is 2.42 bits per heavy atom. The zero-order chi connectivity index (χ0) is 17.5. The summed E-state index contributed by atoms with van der Waals surface area (Å²) in [5, 5.41) is 5.94. The van der Waals surface area contributed by atoms with Gasteiger partial charge in [0.2, 0.25) is 5.91 Å². The lowest BCUT2D eigenvalue weighted by atomic mass is 10.1. The second kappa shape index (κ2) is 8.15. The lowest BCUT2D eigenvalue weighted by Gasteiger charge is -2.16. The molecule has 5 heteroatoms. The highest BCUT2D eigenvalue weighted by Gasteiger charge is 2.13. The maximum absolute atomic E-state index is 12.3. The normalized spacial score (nSPS) is 11.5. The second-order valence-electron chi connectivity index (χ2n) is 5.45. The van der Waals surface area contributed by atoms with E-state index < -0.39 is 6.04 Å². The van der Waals surface area contributed by atoms with Crippen LogP contribution in [-0.2, 0) is 4.79 Å². The van der Waals surface area contributed by atoms with Crippen LogP contribution in [0.2, 0.25) is 0 Å². The van der Waals surface area contributed by atoms with Gasteiger partial charge in [-0.2, -0.15) is 0 Å². The van der Waals surface area contributed by atoms with E-state index in [0.29, 0.717) is 17.9 Å². The van der Waals surface area contributed by atoms with Crippen LogP contribution in [0, 0.1) is 0 Å². The van der Waals surface area contributed by atoms with Crippen LogP contribution in [0.5, 0.6) is 5.75 Å². The molecular weight excluding hydrogens is 304 g/mol. The Labute approximate surface area is 142 Å². The summed E-state index contributed by atoms with van der Waals surface area (Å²) in [6.45, 7) is 5.82. The number of rotatable bonds is 7. The molecule has 1 amide bonds. The molecule has 0 spiro atoms. The van der Waals surface area contributed by atoms with Crippen LogP contribution in [0.4, 0.5) is 11.4 Å². The molecule has 0 heterocycles. The van der Waals surface area contributed by atoms with Crippen molar-refractivity contribution in [1.29, 1.82) is 0 Å². The molecule has 0 radical (unpaired) electrons. The van der Waals surface area contributed by atoms with E-state index in [9.17, 15) is 9.59 Å². The molecule has 0 fully saturated rings. The molecule has 5 nitrogen and oxygen atoms in total. The zero-order valence-electron chi connectivity index (χ0n) is 14.1. The summed E-state index contributed by atoms with van der Waals surface area (Å²) in [5.41, 5.74) is 2.01. The molecule has 0 aromatic heterocycles. The van der Waals surface area contributed by atoms with Crippen molar-refractivity contribution in [1.82, 2.24) is 0 Å². The van der Waals surface area contributed by atoms with Crippen LogP contribution in [0.3, 0.4) is 0 Å². The fourth-order valence-electron chi connectivity index (χ4n) is 2.20. The largest absolute Gasteiger partial charge is 0.494 e. The van der Waals surface area contributed by atoms with Gasteiger partial charge in [-0.1, -0.05) is 12.1 Å². The number of nitrogens with one attached hydrogen (secondary N) is 2. The fraction of sp³-hybridized carbons (Fsp3) is 0.263. The fourth-order valence-corrected chi connectivity index (χ4v) is 2.20. The first-order chi connectivity index (χ1) is 11.5. The van der Waals surface area contributed by atoms with Crippen LogP contribution >= 0.6 is 0 Å². The number of carbonyl (C=O) groups is 2. The van der Waals surface area contributed by atoms with Gasteiger partial charge in [-0.15, -0.1) is 0 Å². The van der Waals surface area contributed by atoms with E-state index in [-0.39, 0.29) is 11.7 Å². The monoisotopic (exact) mass is 326 g/mol. The van der Waals surface area contributed by atoms with Crippen molar-refractivity contribution < 1.29 is 14.3 Å². The number of Topliss-reactive ketones (excluding diaryl/α,β-unsaturated/α-hetero) is 1. The first-order valence-corrected chi connectivity index (χ1v) is 7.91. The van der Waals surface area contributed by atoms with Crippen molar-refractivity contribution in [2.75, 3.05) is 17.2 Å². The number of hydrogen-bond acceptors (Lipinski definition) is 4. The Morgan fingerprint density at radius 2 is 1.79 bits per heavy atom. The number of hydrogen-bond donors (Lipinski definition) is 2. The van der Waals surface area contributed by atoms with Gasteiger partial charge in [0, 0.05) is 16.9 Å². The molecule has 0 saturated heterocycles. The van der Waals surface area contributed by atoms with E-state index in [0.717, 1.165) is 11.4 Å². The zero-order valence-corrected chi connectivity index (χ0v) is 14.1. The van der Waals surface area contributed by atoms with E-state index in [1.54, 1.807) is 31.2 Å². The van der Waals surface area contributed by atoms with Gasteiger partial charge in [0.15, 0.2) is 5.78 Å². The van der Waals surface area contributed by atoms with Gasteiger partial charge in [-0.3, -0.25) is 9.59 Å². The number of ether oxygens (including phenoxy) is 1. The highest BCUT2D eigenvalue weighted by Crippen LogP contribution is 2.17. The predicted molar refractivity (Wildman–Crippen MR) is 95.8 cm³/mol. The third-order valence-electron chi connectivity index (χ3n) is 3.48. The average Bonchev–Trinajstić information content (AvgIpc) is 2.57. The SMILES string of the molecule is CCOc1ccc(NC(C)C(=O)Nc2cccc(C(C)=O)c2)cc1. The van der Waals surface area contributed by atoms with Crippen LogP contribution in [0.1, 0.15) is 31.1 Å². The van der Waals surface area contributed by atoms with Crippen molar-refractivity contribution in [3.05, 3.63) is 54.1 Å². The van der Waals surface area contributed by atoms with E-state index >= 15 is 0 Å². The number of anilines is 2. The molecule has 24 heavy (non-hydrogen) atoms. The van der Waals surface area contributed by atoms with Gasteiger partial charge >= 0.3 is 0 Å². The molecule has 0 aliphatic heterocycles. The summed E-state index contributed by atoms with van der Waals surface area (Å²) < 4.78 is 5.39. The smallest absolute Gasteiger partial charge is 0.246 e. The van der Waals surface area contributed by atoms with Crippen LogP contribution in [0.25, 0.3) is 0 Å². The number of carbonyl (C=O) groups excluding carboxylic acids is 2. The van der Waals surface area contributed by atoms with Crippen molar-refractivity contribution in [2.24, 2.45) is 0 Å². The summed E-state index contributed by atoms with van der Waals surface area (Å²) in [5.74, 6) is 0.581. The maximum Gasteiger partial charge on any atom is 0.246 e. The van der Waals surface area contributed by atoms with Gasteiger partial charge in [-0.05, 0) is 57.2 Å². The standard InChI is InChI=1S/C19H22N2O3/c1-4-24-18-10-8-16(9-11-18)20-13(2)19(23)21-17-7-5-6-15(12-17)14(3)22/h5-13,20H,4H2,1-3H3,(H,21,23). The topological polar surface area (TPSA) is 67.4 Å². The molecule has 0 aliphatic carbocycles. The maximum atomic E-state index is 12.3. The molecule has 126 valence electrons. The molecule has 0 saturated carbocycles. The summed E-state index contributed by atoms with van der Waals surface area (Å²) >= 11 is 0. The Hall–Kier alpha value is -2.82. The third-order valence-corrected chi connectivity index (χ3v) is 3.48. The molecule has 1 atom stereocenters. The van der Waals surface area contributed by atoms with Gasteiger partial charge in [0.25, 0.3) is 0 Å². The van der Waals surface area contributed by atoms with Crippen LogP contribution in [-0.4, -0.2) is 24.3 Å². The first-order valence-electron chi connectivity index (χ1n) is 7.91. The Balaban J connectivity index is 1.96. The predicted octanol–water partition coefficient (Wildman–Crippen LogP) is 3.73. The molecule has 2 aromatic carbocycles. The van der Waals surface area contributed by atoms with Crippen molar-refractivity contribution in [3.63, 3.8) is 0 Å². The molecular formula is C19H22N2O3. The minimum absolute atomic E-state index is 0.0355. The Morgan fingerprint density at radius 1 is 1.08 bits per heavy atom. The third kappa shape index (κ3) is 4.84. The quantitative estimate of drug-likeness (QED) is 0.761. The van der Waals surface area contributed by atoms with Gasteiger partial charge in [0.05, 0.1) is 6.61 Å². The van der Waals surface area contributed by atoms with Crippen molar-refractivity contribution in [2.45, 2.75) is 26.8 Å². The molecule has 0 aliphatic rings. The van der Waals surface area contributed by atoms with Gasteiger partial charge in [-0.25, -0.2) is 0 Å². The Kier molecular flexibility index (Phi) is 5.95. The lowest BCUT2D eigenvalue weighted by molar-refractivity contribution is -0.116. The number of amides is 1. The van der Waals surface area contributed by atoms with Crippen LogP contribution in [0.15, 0.2) is 48.5 Å². The second-order valence-corrected chi connectivity index (χ2v) is 5.45. The summed E-state index contributed by atoms with van der Waals surface area (Å²) in [4.78, 5) is 23.7. The van der Waals surface area contributed by atoms with Gasteiger partial charge < -0.3 is 15.4 Å². The minimum Gasteiger partial charge on any atom is -0.494 e. The lowest BCUT2D eigenvalue weighted by Crippen LogP contribution is -2.31. The van der Waals surface area contributed by atoms with E-state index in [2.05, 4.69) is 10.6 Å². The summed E-state index contributed by atoms with van der Waals surface area (Å²) in [7, 11) is 0. The molecule has 0 bridgehead atoms. The van der Waals surface area contributed by atoms with Crippen LogP contribution < -0.4 is 15.4 Å². The summed E-state index contributed by atoms with van der Waals surface area (Å²) in [6, 6.07) is 13.9. The summed E-state index contributed by atoms with van der Waals surface area (Å²) in [6.07, 6.45) is 0. The Bertz CT molecular complexity index is 711. The van der Waals surface area contributed by atoms with E-state index in [1.807, 2.05) is 31.2 Å². The van der Waals surface area contributed by atoms with Crippen molar-refractivity contribution in [3.8, 4) is 5.75 Å². The average molecular weight is 326 g/mol. The van der Waals surface area contributed by atoms with Crippen molar-refractivity contribution >= 4 is 23.1 Å². The molecule has 2 N–H and O–H groups in total. The van der Waals surface area contributed by atoms with E-state index in [4.69, 9.17) is 4.74 Å². The van der Waals surface area contributed by atoms with Gasteiger partial charge in [0.1, 0.15) is 11.8 Å². The number of benzene rings is 2. The number of ketones is 1. The molecule has 1 unspecified atom stereocenters. The molecule has 2 rings (SSSR count). The highest BCUT2D eigenvalue weighted by atomic mass is 16.5.